The molecular weight excluding hydrogens is 358 g/mol. The van der Waals surface area contributed by atoms with E-state index in [1.165, 1.54) is 29.5 Å². The number of rotatable bonds is 3. The Kier molecular flexibility index (Phi) is 3.84. The second-order valence-electron chi connectivity index (χ2n) is 7.61. The second kappa shape index (κ2) is 6.24. The summed E-state index contributed by atoms with van der Waals surface area (Å²) in [5.74, 6) is 0.633. The van der Waals surface area contributed by atoms with Crippen LogP contribution in [0.1, 0.15) is 65.7 Å². The van der Waals surface area contributed by atoms with Gasteiger partial charge in [0, 0.05) is 22.7 Å². The van der Waals surface area contributed by atoms with Crippen LogP contribution in [0.5, 0.6) is 0 Å². The van der Waals surface area contributed by atoms with E-state index in [4.69, 9.17) is 11.6 Å². The van der Waals surface area contributed by atoms with Gasteiger partial charge >= 0.3 is 0 Å². The largest absolute Gasteiger partial charge is 0.377 e. The minimum absolute atomic E-state index is 0.103. The van der Waals surface area contributed by atoms with Gasteiger partial charge in [0.15, 0.2) is 0 Å². The summed E-state index contributed by atoms with van der Waals surface area (Å²) in [6, 6.07) is 8.63. The number of hydrogen-bond acceptors (Lipinski definition) is 4. The molecule has 1 unspecified atom stereocenters. The molecule has 5 nitrogen and oxygen atoms in total. The summed E-state index contributed by atoms with van der Waals surface area (Å²) in [4.78, 5) is 4.59. The SMILES string of the molecule is Cc1c(C#N)c(Cl)nc2c1CCCC2Nc1ccc2n[nH]c(C3CC3)c2c1. The molecule has 0 aliphatic heterocycles. The number of aromatic nitrogens is 3. The third-order valence-electron chi connectivity index (χ3n) is 5.83. The van der Waals surface area contributed by atoms with Gasteiger partial charge in [-0.15, -0.1) is 0 Å². The molecule has 0 radical (unpaired) electrons. The van der Waals surface area contributed by atoms with Crippen LogP contribution in [-0.4, -0.2) is 15.2 Å². The van der Waals surface area contributed by atoms with Gasteiger partial charge in [-0.3, -0.25) is 5.10 Å². The lowest BCUT2D eigenvalue weighted by Gasteiger charge is -2.28. The quantitative estimate of drug-likeness (QED) is 0.618. The minimum atomic E-state index is 0.103. The van der Waals surface area contributed by atoms with Crippen LogP contribution in [-0.2, 0) is 6.42 Å². The van der Waals surface area contributed by atoms with Crippen LogP contribution >= 0.6 is 11.6 Å². The summed E-state index contributed by atoms with van der Waals surface area (Å²) < 4.78 is 0. The number of pyridine rings is 1. The number of anilines is 1. The van der Waals surface area contributed by atoms with Crippen LogP contribution in [0.15, 0.2) is 18.2 Å². The fraction of sp³-hybridized carbons (Fsp3) is 0.381. The highest BCUT2D eigenvalue weighted by Crippen LogP contribution is 2.43. The molecule has 1 fully saturated rings. The van der Waals surface area contributed by atoms with Crippen LogP contribution in [0.25, 0.3) is 10.9 Å². The first-order valence-electron chi connectivity index (χ1n) is 9.49. The molecule has 1 saturated carbocycles. The average molecular weight is 378 g/mol. The molecule has 0 saturated heterocycles. The molecule has 0 amide bonds. The topological polar surface area (TPSA) is 77.4 Å². The molecule has 27 heavy (non-hydrogen) atoms. The number of nitrogens with one attached hydrogen (secondary N) is 2. The summed E-state index contributed by atoms with van der Waals surface area (Å²) in [6.07, 6.45) is 5.51. The summed E-state index contributed by atoms with van der Waals surface area (Å²) in [7, 11) is 0. The van der Waals surface area contributed by atoms with Gasteiger partial charge in [0.25, 0.3) is 0 Å². The molecule has 2 aliphatic rings. The first-order valence-corrected chi connectivity index (χ1v) is 9.87. The molecule has 2 heterocycles. The van der Waals surface area contributed by atoms with Crippen LogP contribution in [0.4, 0.5) is 5.69 Å². The molecule has 1 atom stereocenters. The Morgan fingerprint density at radius 2 is 2.15 bits per heavy atom. The van der Waals surface area contributed by atoms with Crippen molar-refractivity contribution >= 4 is 28.2 Å². The van der Waals surface area contributed by atoms with Gasteiger partial charge in [0.1, 0.15) is 11.2 Å². The van der Waals surface area contributed by atoms with Gasteiger partial charge < -0.3 is 5.32 Å². The molecule has 5 rings (SSSR count). The van der Waals surface area contributed by atoms with Crippen LogP contribution in [0, 0.1) is 18.3 Å². The minimum Gasteiger partial charge on any atom is -0.377 e. The Hall–Kier alpha value is -2.58. The third-order valence-corrected chi connectivity index (χ3v) is 6.11. The summed E-state index contributed by atoms with van der Waals surface area (Å²) in [5, 5.41) is 22.2. The molecular formula is C21H20ClN5. The van der Waals surface area contributed by atoms with Crippen molar-refractivity contribution in [3.8, 4) is 6.07 Å². The predicted octanol–water partition coefficient (Wildman–Crippen LogP) is 5.16. The lowest BCUT2D eigenvalue weighted by molar-refractivity contribution is 0.581. The molecule has 0 bridgehead atoms. The maximum atomic E-state index is 9.36. The van der Waals surface area contributed by atoms with Crippen molar-refractivity contribution in [3.63, 3.8) is 0 Å². The zero-order chi connectivity index (χ0) is 18.5. The first-order chi connectivity index (χ1) is 13.2. The van der Waals surface area contributed by atoms with Gasteiger partial charge in [-0.05, 0) is 68.4 Å². The Bertz CT molecular complexity index is 1090. The molecule has 136 valence electrons. The standard InChI is InChI=1S/C21H20ClN5/c1-11-14-3-2-4-18(20(14)25-21(22)16(11)10-23)24-13-7-8-17-15(9-13)19(27-26-17)12-5-6-12/h7-9,12,18,24H,2-6H2,1H3,(H,26,27). The van der Waals surface area contributed by atoms with Gasteiger partial charge in [-0.1, -0.05) is 11.6 Å². The van der Waals surface area contributed by atoms with Crippen molar-refractivity contribution in [2.24, 2.45) is 0 Å². The number of fused-ring (bicyclic) bond motifs is 2. The maximum absolute atomic E-state index is 9.36. The van der Waals surface area contributed by atoms with Crippen molar-refractivity contribution in [2.75, 3.05) is 5.32 Å². The molecule has 2 aliphatic carbocycles. The summed E-state index contributed by atoms with van der Waals surface area (Å²) in [6.45, 7) is 1.98. The highest BCUT2D eigenvalue weighted by molar-refractivity contribution is 6.30. The van der Waals surface area contributed by atoms with Crippen LogP contribution < -0.4 is 5.32 Å². The van der Waals surface area contributed by atoms with Crippen molar-refractivity contribution in [2.45, 2.75) is 51.0 Å². The number of nitrogens with zero attached hydrogens (tertiary/aromatic N) is 3. The van der Waals surface area contributed by atoms with E-state index < -0.39 is 0 Å². The normalized spacial score (nSPS) is 18.9. The van der Waals surface area contributed by atoms with Crippen molar-refractivity contribution < 1.29 is 0 Å². The van der Waals surface area contributed by atoms with Gasteiger partial charge in [0.2, 0.25) is 0 Å². The Morgan fingerprint density at radius 3 is 2.93 bits per heavy atom. The fourth-order valence-corrected chi connectivity index (χ4v) is 4.50. The van der Waals surface area contributed by atoms with Gasteiger partial charge in [-0.25, -0.2) is 4.98 Å². The van der Waals surface area contributed by atoms with Crippen molar-refractivity contribution in [3.05, 3.63) is 51.4 Å². The highest BCUT2D eigenvalue weighted by Gasteiger charge is 2.28. The molecule has 1 aromatic carbocycles. The Balaban J connectivity index is 1.51. The average Bonchev–Trinajstić information content (AvgIpc) is 3.42. The van der Waals surface area contributed by atoms with E-state index >= 15 is 0 Å². The zero-order valence-electron chi connectivity index (χ0n) is 15.1. The van der Waals surface area contributed by atoms with E-state index in [0.29, 0.717) is 16.6 Å². The summed E-state index contributed by atoms with van der Waals surface area (Å²) >= 11 is 6.29. The maximum Gasteiger partial charge on any atom is 0.147 e. The third kappa shape index (κ3) is 2.76. The second-order valence-corrected chi connectivity index (χ2v) is 7.97. The van der Waals surface area contributed by atoms with Crippen molar-refractivity contribution in [1.29, 1.82) is 5.26 Å². The van der Waals surface area contributed by atoms with E-state index in [-0.39, 0.29) is 6.04 Å². The van der Waals surface area contributed by atoms with Gasteiger partial charge in [0.05, 0.1) is 22.8 Å². The molecule has 0 spiro atoms. The van der Waals surface area contributed by atoms with Crippen LogP contribution in [0.2, 0.25) is 5.15 Å². The number of benzene rings is 1. The zero-order valence-corrected chi connectivity index (χ0v) is 15.9. The number of nitriles is 1. The van der Waals surface area contributed by atoms with E-state index in [2.05, 4.69) is 44.8 Å². The predicted molar refractivity (Wildman–Crippen MR) is 106 cm³/mol. The fourth-order valence-electron chi connectivity index (χ4n) is 4.22. The van der Waals surface area contributed by atoms with E-state index in [9.17, 15) is 5.26 Å². The number of H-pyrrole nitrogens is 1. The summed E-state index contributed by atoms with van der Waals surface area (Å²) in [5.41, 5.74) is 6.98. The van der Waals surface area contributed by atoms with E-state index in [0.717, 1.165) is 41.7 Å². The van der Waals surface area contributed by atoms with Crippen LogP contribution in [0.3, 0.4) is 0 Å². The van der Waals surface area contributed by atoms with Crippen molar-refractivity contribution in [1.82, 2.24) is 15.2 Å². The number of hydrogen-bond donors (Lipinski definition) is 2. The lowest BCUT2D eigenvalue weighted by atomic mass is 9.87. The van der Waals surface area contributed by atoms with E-state index in [1.54, 1.807) is 0 Å². The molecule has 3 aromatic rings. The lowest BCUT2D eigenvalue weighted by Crippen LogP contribution is -2.20. The highest BCUT2D eigenvalue weighted by atomic mass is 35.5. The molecule has 2 N–H and O–H groups in total. The Labute approximate surface area is 162 Å². The molecule has 6 heteroatoms. The smallest absolute Gasteiger partial charge is 0.147 e. The first kappa shape index (κ1) is 16.6. The Morgan fingerprint density at radius 1 is 1.30 bits per heavy atom. The molecule has 2 aromatic heterocycles. The number of aromatic amines is 1. The number of halogens is 1. The monoisotopic (exact) mass is 377 g/mol. The van der Waals surface area contributed by atoms with Gasteiger partial charge in [-0.2, -0.15) is 10.4 Å². The van der Waals surface area contributed by atoms with E-state index in [1.807, 2.05) is 6.92 Å².